The van der Waals surface area contributed by atoms with Crippen LogP contribution in [-0.4, -0.2) is 43.4 Å². The zero-order chi connectivity index (χ0) is 21.6. The van der Waals surface area contributed by atoms with Gasteiger partial charge in [-0.25, -0.2) is 5.01 Å². The largest absolute Gasteiger partial charge is 0.407 e. The highest BCUT2D eigenvalue weighted by Gasteiger charge is 2.29. The Balaban J connectivity index is 1.42. The van der Waals surface area contributed by atoms with Crippen LogP contribution in [0.3, 0.4) is 0 Å². The smallest absolute Gasteiger partial charge is 0.299 e. The number of carbonyl (C=O) groups is 2. The molecule has 2 aliphatic rings. The van der Waals surface area contributed by atoms with Crippen molar-refractivity contribution in [2.24, 2.45) is 15.3 Å². The van der Waals surface area contributed by atoms with Gasteiger partial charge in [-0.15, -0.1) is 5.10 Å². The topological polar surface area (TPSA) is 86.9 Å². The molecule has 2 aromatic rings. The van der Waals surface area contributed by atoms with Gasteiger partial charge in [-0.05, 0) is 67.3 Å². The highest BCUT2D eigenvalue weighted by Crippen LogP contribution is 2.25. The molecular formula is C23H23N5O3. The van der Waals surface area contributed by atoms with Gasteiger partial charge in [0.2, 0.25) is 0 Å². The maximum absolute atomic E-state index is 12.2. The fraction of sp³-hybridized carbons (Fsp3) is 0.261. The Morgan fingerprint density at radius 1 is 0.935 bits per heavy atom. The Hall–Kier alpha value is -3.81. The summed E-state index contributed by atoms with van der Waals surface area (Å²) in [4.78, 5) is 25.2. The van der Waals surface area contributed by atoms with Crippen LogP contribution >= 0.6 is 0 Å². The van der Waals surface area contributed by atoms with E-state index in [4.69, 9.17) is 4.74 Å². The Labute approximate surface area is 180 Å². The molecule has 0 radical (unpaired) electrons. The molecule has 0 aromatic heterocycles. The molecule has 0 aliphatic carbocycles. The molecule has 1 amide bonds. The van der Waals surface area contributed by atoms with E-state index in [-0.39, 0.29) is 23.9 Å². The fourth-order valence-electron chi connectivity index (χ4n) is 3.56. The summed E-state index contributed by atoms with van der Waals surface area (Å²) >= 11 is 0. The summed E-state index contributed by atoms with van der Waals surface area (Å²) in [5.41, 5.74) is 3.68. The second-order valence-corrected chi connectivity index (χ2v) is 7.36. The number of anilines is 1. The van der Waals surface area contributed by atoms with Gasteiger partial charge in [0.15, 0.2) is 0 Å². The summed E-state index contributed by atoms with van der Waals surface area (Å²) in [6.07, 6.45) is 5.43. The van der Waals surface area contributed by atoms with Crippen molar-refractivity contribution in [3.8, 4) is 0 Å². The molecule has 0 saturated carbocycles. The third-order valence-electron chi connectivity index (χ3n) is 5.21. The maximum Gasteiger partial charge on any atom is 0.299 e. The fourth-order valence-corrected chi connectivity index (χ4v) is 3.56. The van der Waals surface area contributed by atoms with E-state index in [2.05, 4.69) is 32.4 Å². The lowest BCUT2D eigenvalue weighted by Gasteiger charge is -2.28. The molecule has 0 bridgehead atoms. The molecule has 4 rings (SSSR count). The first-order valence-corrected chi connectivity index (χ1v) is 10.2. The molecule has 8 heteroatoms. The first-order valence-electron chi connectivity index (χ1n) is 10.2. The van der Waals surface area contributed by atoms with Crippen LogP contribution in [0.1, 0.15) is 24.8 Å². The first-order chi connectivity index (χ1) is 15.1. The van der Waals surface area contributed by atoms with Crippen LogP contribution < -0.4 is 4.90 Å². The van der Waals surface area contributed by atoms with Gasteiger partial charge in [0, 0.05) is 25.8 Å². The monoisotopic (exact) mass is 417 g/mol. The van der Waals surface area contributed by atoms with Gasteiger partial charge in [0.1, 0.15) is 5.57 Å². The van der Waals surface area contributed by atoms with Crippen LogP contribution in [0.4, 0.5) is 17.1 Å². The van der Waals surface area contributed by atoms with Crippen molar-refractivity contribution in [3.63, 3.8) is 0 Å². The minimum absolute atomic E-state index is 0.0146. The van der Waals surface area contributed by atoms with Gasteiger partial charge in [-0.3, -0.25) is 9.59 Å². The number of rotatable bonds is 5. The van der Waals surface area contributed by atoms with Crippen LogP contribution in [0.15, 0.2) is 69.4 Å². The van der Waals surface area contributed by atoms with Gasteiger partial charge in [-0.1, -0.05) is 12.1 Å². The van der Waals surface area contributed by atoms with Gasteiger partial charge < -0.3 is 9.64 Å². The zero-order valence-electron chi connectivity index (χ0n) is 17.3. The van der Waals surface area contributed by atoms with Crippen LogP contribution in [0.2, 0.25) is 0 Å². The second-order valence-electron chi connectivity index (χ2n) is 7.36. The normalized spacial score (nSPS) is 18.0. The molecular weight excluding hydrogens is 394 g/mol. The van der Waals surface area contributed by atoms with Gasteiger partial charge >= 0.3 is 0 Å². The number of carbonyl (C=O) groups excluding carboxylic acids is 2. The Morgan fingerprint density at radius 2 is 1.55 bits per heavy atom. The number of hydrogen-bond donors (Lipinski definition) is 0. The molecule has 0 spiro atoms. The van der Waals surface area contributed by atoms with E-state index in [1.807, 2.05) is 24.3 Å². The van der Waals surface area contributed by atoms with E-state index in [0.29, 0.717) is 5.69 Å². The highest BCUT2D eigenvalue weighted by molar-refractivity contribution is 6.25. The van der Waals surface area contributed by atoms with Gasteiger partial charge in [0.25, 0.3) is 18.3 Å². The van der Waals surface area contributed by atoms with Crippen LogP contribution in [0.25, 0.3) is 6.08 Å². The molecule has 2 aromatic carbocycles. The van der Waals surface area contributed by atoms with Crippen molar-refractivity contribution in [2.45, 2.75) is 19.3 Å². The molecule has 1 fully saturated rings. The summed E-state index contributed by atoms with van der Waals surface area (Å²) in [6, 6.07) is 15.4. The predicted octanol–water partition coefficient (Wildman–Crippen LogP) is 4.43. The molecule has 31 heavy (non-hydrogen) atoms. The van der Waals surface area contributed by atoms with E-state index in [0.717, 1.165) is 29.3 Å². The summed E-state index contributed by atoms with van der Waals surface area (Å²) in [6.45, 7) is 2.47. The Kier molecular flexibility index (Phi) is 6.16. The number of piperidine rings is 1. The molecule has 2 aliphatic heterocycles. The van der Waals surface area contributed by atoms with Crippen molar-refractivity contribution in [1.82, 2.24) is 5.01 Å². The third kappa shape index (κ3) is 4.85. The number of ether oxygens (including phenoxy) is 1. The van der Waals surface area contributed by atoms with Crippen molar-refractivity contribution < 1.29 is 14.3 Å². The van der Waals surface area contributed by atoms with E-state index in [1.54, 1.807) is 18.2 Å². The lowest BCUT2D eigenvalue weighted by molar-refractivity contribution is -0.124. The second kappa shape index (κ2) is 9.34. The standard InChI is InChI=1S/C23H23N5O3/c1-27-23(30)21(22(26-27)31-16-29)15-17-5-7-18(8-6-17)24-25-19-9-11-20(12-10-19)28-13-3-2-4-14-28/h5-12,15-16H,2-4,13-14H2,1H3/b21-15-,25-24?. The van der Waals surface area contributed by atoms with Crippen molar-refractivity contribution in [2.75, 3.05) is 25.0 Å². The maximum atomic E-state index is 12.2. The number of likely N-dealkylation sites (N-methyl/N-ethyl adjacent to an activating group) is 1. The number of nitrogens with zero attached hydrogens (tertiary/aromatic N) is 5. The van der Waals surface area contributed by atoms with Gasteiger partial charge in [-0.2, -0.15) is 10.2 Å². The molecule has 0 N–H and O–H groups in total. The zero-order valence-corrected chi connectivity index (χ0v) is 17.3. The lowest BCUT2D eigenvalue weighted by Crippen LogP contribution is -2.29. The van der Waals surface area contributed by atoms with Gasteiger partial charge in [0.05, 0.1) is 11.4 Å². The van der Waals surface area contributed by atoms with E-state index < -0.39 is 0 Å². The van der Waals surface area contributed by atoms with E-state index in [9.17, 15) is 9.59 Å². The Morgan fingerprint density at radius 3 is 2.16 bits per heavy atom. The third-order valence-corrected chi connectivity index (χ3v) is 5.21. The first kappa shape index (κ1) is 20.5. The van der Waals surface area contributed by atoms with Crippen LogP contribution in [0, 0.1) is 0 Å². The SMILES string of the molecule is CN1N=C(OC=O)/C(=C/c2ccc(N=Nc3ccc(N4CCCCC4)cc3)cc2)C1=O. The quantitative estimate of drug-likeness (QED) is 0.409. The van der Waals surface area contributed by atoms with Crippen molar-refractivity contribution in [3.05, 3.63) is 59.7 Å². The number of amides is 1. The average Bonchev–Trinajstić information content (AvgIpc) is 3.07. The number of hydrazone groups is 1. The molecule has 8 nitrogen and oxygen atoms in total. The van der Waals surface area contributed by atoms with E-state index in [1.165, 1.54) is 32.0 Å². The molecule has 158 valence electrons. The average molecular weight is 417 g/mol. The Bertz CT molecular complexity index is 1040. The predicted molar refractivity (Wildman–Crippen MR) is 118 cm³/mol. The summed E-state index contributed by atoms with van der Waals surface area (Å²) in [5.74, 6) is -0.354. The van der Waals surface area contributed by atoms with Crippen molar-refractivity contribution in [1.29, 1.82) is 0 Å². The van der Waals surface area contributed by atoms with Crippen molar-refractivity contribution >= 4 is 41.4 Å². The summed E-state index contributed by atoms with van der Waals surface area (Å²) < 4.78 is 4.79. The number of azo groups is 1. The van der Waals surface area contributed by atoms with Crippen LogP contribution in [0.5, 0.6) is 0 Å². The number of hydrogen-bond acceptors (Lipinski definition) is 7. The molecule has 0 atom stereocenters. The lowest BCUT2D eigenvalue weighted by atomic mass is 10.1. The molecule has 1 saturated heterocycles. The number of benzene rings is 2. The minimum atomic E-state index is -0.339. The summed E-state index contributed by atoms with van der Waals surface area (Å²) in [7, 11) is 1.50. The minimum Gasteiger partial charge on any atom is -0.407 e. The van der Waals surface area contributed by atoms with Crippen LogP contribution in [-0.2, 0) is 14.3 Å². The molecule has 0 unspecified atom stereocenters. The summed E-state index contributed by atoms with van der Waals surface area (Å²) in [5, 5.41) is 13.6. The van der Waals surface area contributed by atoms with E-state index >= 15 is 0 Å². The highest BCUT2D eigenvalue weighted by atomic mass is 16.5. The molecule has 2 heterocycles.